The zero-order valence-corrected chi connectivity index (χ0v) is 66.9. The highest BCUT2D eigenvalue weighted by molar-refractivity contribution is 9.10. The molecule has 0 unspecified atom stereocenters. The molecule has 6 aromatic heterocycles. The van der Waals surface area contributed by atoms with Crippen LogP contribution in [0.1, 0.15) is 0 Å². The zero-order chi connectivity index (χ0) is 78.5. The Morgan fingerprint density at radius 2 is 0.551 bits per heavy atom. The number of para-hydroxylation sites is 4. The first kappa shape index (κ1) is 70.7. The Labute approximate surface area is 697 Å². The Morgan fingerprint density at radius 1 is 0.220 bits per heavy atom. The largest absolute Gasteiger partial charge is 0.488 e. The van der Waals surface area contributed by atoms with E-state index in [1.54, 1.807) is 6.07 Å². The van der Waals surface area contributed by atoms with Gasteiger partial charge in [-0.15, -0.1) is 22.7 Å². The van der Waals surface area contributed by atoms with Gasteiger partial charge in [-0.3, -0.25) is 0 Å². The fourth-order valence-corrected chi connectivity index (χ4v) is 21.0. The van der Waals surface area contributed by atoms with Crippen LogP contribution >= 0.6 is 38.6 Å². The monoisotopic (exact) mass is 1610 g/mol. The van der Waals surface area contributed by atoms with Crippen LogP contribution in [0.5, 0.6) is 0 Å². The van der Waals surface area contributed by atoms with Gasteiger partial charge in [0.2, 0.25) is 0 Å². The van der Waals surface area contributed by atoms with Crippen molar-refractivity contribution in [3.05, 3.63) is 417 Å². The maximum Gasteiger partial charge on any atom is 0.488 e. The molecule has 18 aromatic carbocycles. The van der Waals surface area contributed by atoms with E-state index >= 15 is 0 Å². The first-order valence-corrected chi connectivity index (χ1v) is 42.2. The number of halogens is 1. The van der Waals surface area contributed by atoms with Gasteiger partial charge in [0.05, 0.1) is 48.8 Å². The number of hydrogen-bond donors (Lipinski definition) is 2. The summed E-state index contributed by atoms with van der Waals surface area (Å²) < 4.78 is 16.0. The lowest BCUT2D eigenvalue weighted by molar-refractivity contribution is 0.426. The van der Waals surface area contributed by atoms with E-state index < -0.39 is 7.12 Å². The Hall–Kier alpha value is -13.9. The molecule has 24 aromatic rings. The fraction of sp³-hybridized carbons (Fsp3) is 0. The third-order valence-electron chi connectivity index (χ3n) is 23.4. The third-order valence-corrected chi connectivity index (χ3v) is 26.7. The van der Waals surface area contributed by atoms with Crippen molar-refractivity contribution in [3.8, 4) is 78.4 Å². The smallest absolute Gasteiger partial charge is 0.423 e. The Bertz CT molecular complexity index is 8020. The molecule has 0 aliphatic carbocycles. The molecule has 24 rings (SSSR count). The minimum Gasteiger partial charge on any atom is -0.423 e. The molecule has 0 saturated heterocycles. The van der Waals surface area contributed by atoms with Gasteiger partial charge < -0.3 is 28.3 Å². The summed E-state index contributed by atoms with van der Waals surface area (Å²) >= 11 is 7.64. The maximum absolute atomic E-state index is 9.59. The average molecular weight is 1610 g/mol. The van der Waals surface area contributed by atoms with Crippen molar-refractivity contribution in [1.29, 1.82) is 0 Å². The Balaban J connectivity index is 0.000000117. The molecule has 0 amide bonds. The van der Waals surface area contributed by atoms with E-state index in [1.807, 2.05) is 65.1 Å². The number of nitrogens with zero attached hydrogens (tertiary/aromatic N) is 4. The van der Waals surface area contributed by atoms with Crippen molar-refractivity contribution < 1.29 is 10.0 Å². The van der Waals surface area contributed by atoms with Crippen LogP contribution in [-0.4, -0.2) is 35.4 Å². The molecular formula is C108H70BBrN4O2S2. The molecular weight excluding hydrogens is 1540 g/mol. The normalized spacial score (nSPS) is 11.7. The highest BCUT2D eigenvalue weighted by Crippen LogP contribution is 2.51. The molecule has 0 radical (unpaired) electrons. The molecule has 2 N–H and O–H groups in total. The predicted octanol–water partition coefficient (Wildman–Crippen LogP) is 29.0. The fourth-order valence-electron chi connectivity index (χ4n) is 18.0. The van der Waals surface area contributed by atoms with Crippen LogP contribution in [-0.2, 0) is 0 Å². The molecule has 6 nitrogen and oxygen atoms in total. The summed E-state index contributed by atoms with van der Waals surface area (Å²) in [5.74, 6) is 0. The van der Waals surface area contributed by atoms with Gasteiger partial charge in [-0.25, -0.2) is 0 Å². The molecule has 10 heteroatoms. The highest BCUT2D eigenvalue weighted by Gasteiger charge is 2.26. The SMILES string of the molecule is Brc1cc2c3ccccc3n(-c3ccc(-c4ccccc4)cc3)c2c2c1sc1ccccc12.OB(O)c1ccc2c(c1)c1ccccc1n2-c1cccc(-c2ccccc2)c1.c1ccc(-c2ccc(-n3c4ccccc4c4cc(-c5ccc6c(c5)c5ccccc5n6-c5cccc(-c6ccccc6)c5)c5sc6ccccc6c5c43)cc2)cc1. The topological polar surface area (TPSA) is 60.2 Å². The number of hydrogen-bond acceptors (Lipinski definition) is 4. The van der Waals surface area contributed by atoms with E-state index in [0.29, 0.717) is 5.46 Å². The summed E-state index contributed by atoms with van der Waals surface area (Å²) in [6.45, 7) is 0. The summed E-state index contributed by atoms with van der Waals surface area (Å²) in [5, 5.41) is 34.1. The summed E-state index contributed by atoms with van der Waals surface area (Å²) in [6, 6.07) is 147. The van der Waals surface area contributed by atoms with E-state index in [2.05, 4.69) is 398 Å². The second kappa shape index (κ2) is 29.4. The molecule has 0 atom stereocenters. The standard InChI is InChI=1S/C54H34N2S.C30H18BrNS.C24H18BNO2/c1-3-14-35(15-4-1)37-26-29-40(30-27-37)56-49-24-11-8-21-43(49)47-34-45(54-52(53(47)56)44-22-9-12-25-51(44)57-54)39-28-31-50-46(33-39)42-20-7-10-23-48(42)55(50)41-19-13-18-38(32-41)36-16-5-2-6-17-36;31-25-18-24-22-10-4-6-12-26(22)32(21-16-14-20(15-17-21)19-8-2-1-3-9-19)29(24)28-23-11-5-7-13-27(23)33-30(25)28;27-25(28)19-13-14-24-22(16-19)21-11-4-5-12-23(21)26(24)20-10-6-9-18(15-20)17-7-2-1-3-8-17/h1-34H;1-18H;1-16,27-28H. The number of fused-ring (bicyclic) bond motifs is 20. The number of benzene rings is 18. The van der Waals surface area contributed by atoms with Crippen LogP contribution in [0.3, 0.4) is 0 Å². The molecule has 0 saturated carbocycles. The lowest BCUT2D eigenvalue weighted by Gasteiger charge is -2.12. The van der Waals surface area contributed by atoms with Gasteiger partial charge in [-0.1, -0.05) is 297 Å². The average Bonchev–Trinajstić information content (AvgIpc) is 1.55. The van der Waals surface area contributed by atoms with E-state index in [4.69, 9.17) is 0 Å². The van der Waals surface area contributed by atoms with Crippen LogP contribution in [0.4, 0.5) is 0 Å². The second-order valence-corrected chi connectivity index (χ2v) is 33.1. The number of thiophene rings is 2. The first-order chi connectivity index (χ1) is 58.3. The van der Waals surface area contributed by atoms with Gasteiger partial charge >= 0.3 is 7.12 Å². The van der Waals surface area contributed by atoms with Crippen molar-refractivity contribution in [3.63, 3.8) is 0 Å². The van der Waals surface area contributed by atoms with E-state index in [1.165, 1.54) is 162 Å². The molecule has 0 fully saturated rings. The minimum absolute atomic E-state index is 0.494. The molecule has 556 valence electrons. The van der Waals surface area contributed by atoms with Crippen LogP contribution in [0.2, 0.25) is 0 Å². The zero-order valence-electron chi connectivity index (χ0n) is 63.7. The Morgan fingerprint density at radius 3 is 1.01 bits per heavy atom. The van der Waals surface area contributed by atoms with Gasteiger partial charge in [0.1, 0.15) is 0 Å². The molecule has 0 bridgehead atoms. The van der Waals surface area contributed by atoms with Crippen molar-refractivity contribution in [2.24, 2.45) is 0 Å². The highest BCUT2D eigenvalue weighted by atomic mass is 79.9. The van der Waals surface area contributed by atoms with E-state index in [9.17, 15) is 10.0 Å². The van der Waals surface area contributed by atoms with Crippen molar-refractivity contribution >= 4 is 179 Å². The van der Waals surface area contributed by atoms with E-state index in [0.717, 1.165) is 48.9 Å². The lowest BCUT2D eigenvalue weighted by Crippen LogP contribution is -2.29. The summed E-state index contributed by atoms with van der Waals surface area (Å²) in [7, 11) is -1.48. The van der Waals surface area contributed by atoms with Gasteiger partial charge in [0.15, 0.2) is 0 Å². The first-order valence-electron chi connectivity index (χ1n) is 39.8. The van der Waals surface area contributed by atoms with Crippen LogP contribution in [0.25, 0.3) is 206 Å². The van der Waals surface area contributed by atoms with Gasteiger partial charge in [0, 0.05) is 112 Å². The predicted molar refractivity (Wildman–Crippen MR) is 507 cm³/mol. The minimum atomic E-state index is -1.48. The molecule has 0 aliphatic heterocycles. The van der Waals surface area contributed by atoms with Gasteiger partial charge in [-0.05, 0) is 187 Å². The molecule has 0 spiro atoms. The van der Waals surface area contributed by atoms with Crippen LogP contribution in [0.15, 0.2) is 417 Å². The summed E-state index contributed by atoms with van der Waals surface area (Å²) in [6.07, 6.45) is 0. The van der Waals surface area contributed by atoms with Crippen LogP contribution in [0, 0.1) is 0 Å². The van der Waals surface area contributed by atoms with Gasteiger partial charge in [0.25, 0.3) is 0 Å². The van der Waals surface area contributed by atoms with Crippen molar-refractivity contribution in [2.75, 3.05) is 0 Å². The molecule has 0 aliphatic rings. The van der Waals surface area contributed by atoms with E-state index in [-0.39, 0.29) is 0 Å². The van der Waals surface area contributed by atoms with Gasteiger partial charge in [-0.2, -0.15) is 0 Å². The molecule has 118 heavy (non-hydrogen) atoms. The maximum atomic E-state index is 9.59. The third kappa shape index (κ3) is 12.1. The lowest BCUT2D eigenvalue weighted by atomic mass is 9.80. The van der Waals surface area contributed by atoms with Crippen molar-refractivity contribution in [2.45, 2.75) is 0 Å². The summed E-state index contributed by atoms with van der Waals surface area (Å²) in [4.78, 5) is 0. The summed E-state index contributed by atoms with van der Waals surface area (Å²) in [5.41, 5.74) is 26.8. The number of aromatic nitrogens is 4. The Kier molecular flexibility index (Phi) is 17.6. The van der Waals surface area contributed by atoms with Crippen LogP contribution < -0.4 is 5.46 Å². The quantitative estimate of drug-likeness (QED) is 0.134. The molecule has 6 heterocycles. The second-order valence-electron chi connectivity index (χ2n) is 30.1. The number of rotatable bonds is 10. The van der Waals surface area contributed by atoms with Crippen molar-refractivity contribution in [1.82, 2.24) is 18.3 Å².